The van der Waals surface area contributed by atoms with Crippen LogP contribution in [0.1, 0.15) is 35.7 Å². The minimum absolute atomic E-state index is 0.307. The van der Waals surface area contributed by atoms with Gasteiger partial charge in [-0.25, -0.2) is 4.79 Å². The molecule has 0 bridgehead atoms. The summed E-state index contributed by atoms with van der Waals surface area (Å²) < 4.78 is 5.26. The molecule has 0 radical (unpaired) electrons. The van der Waals surface area contributed by atoms with Gasteiger partial charge in [0.05, 0.1) is 11.7 Å². The Morgan fingerprint density at radius 2 is 2.04 bits per heavy atom. The van der Waals surface area contributed by atoms with E-state index in [0.29, 0.717) is 18.3 Å². The summed E-state index contributed by atoms with van der Waals surface area (Å²) >= 11 is 0. The first kappa shape index (κ1) is 16.7. The third kappa shape index (κ3) is 3.85. The maximum atomic E-state index is 12.1. The normalized spacial score (nSPS) is 12.0. The fraction of sp³-hybridized carbons (Fsp3) is 0.294. The van der Waals surface area contributed by atoms with Crippen molar-refractivity contribution in [2.24, 2.45) is 0 Å². The zero-order valence-corrected chi connectivity index (χ0v) is 14.3. The monoisotopic (exact) mass is 340 g/mol. The first-order valence-corrected chi connectivity index (χ1v) is 7.98. The quantitative estimate of drug-likeness (QED) is 0.661. The van der Waals surface area contributed by atoms with Crippen LogP contribution in [0.4, 0.5) is 4.79 Å². The van der Waals surface area contributed by atoms with Crippen LogP contribution in [-0.2, 0) is 6.54 Å². The number of carbonyl (C=O) groups excluding carboxylic acids is 1. The molecular weight excluding hydrogens is 320 g/mol. The lowest BCUT2D eigenvalue weighted by Crippen LogP contribution is -2.37. The predicted molar refractivity (Wildman–Crippen MR) is 91.6 cm³/mol. The Labute approximate surface area is 145 Å². The van der Waals surface area contributed by atoms with E-state index >= 15 is 0 Å². The van der Waals surface area contributed by atoms with E-state index in [9.17, 15) is 4.79 Å². The molecule has 3 N–H and O–H groups in total. The summed E-state index contributed by atoms with van der Waals surface area (Å²) in [5, 5.41) is 16.5. The van der Waals surface area contributed by atoms with Crippen LogP contribution in [0.15, 0.2) is 34.9 Å². The van der Waals surface area contributed by atoms with E-state index in [4.69, 9.17) is 4.52 Å². The Kier molecular flexibility index (Phi) is 4.78. The van der Waals surface area contributed by atoms with Gasteiger partial charge in [0.2, 0.25) is 0 Å². The van der Waals surface area contributed by atoms with Crippen LogP contribution in [0.25, 0.3) is 11.5 Å². The second-order valence-corrected chi connectivity index (χ2v) is 5.79. The predicted octanol–water partition coefficient (Wildman–Crippen LogP) is 2.64. The van der Waals surface area contributed by atoms with Gasteiger partial charge in [-0.1, -0.05) is 23.4 Å². The number of rotatable bonds is 5. The van der Waals surface area contributed by atoms with E-state index in [1.165, 1.54) is 0 Å². The Morgan fingerprint density at radius 3 is 2.72 bits per heavy atom. The van der Waals surface area contributed by atoms with Crippen molar-refractivity contribution in [2.45, 2.75) is 33.4 Å². The van der Waals surface area contributed by atoms with Crippen LogP contribution in [0.3, 0.4) is 0 Å². The van der Waals surface area contributed by atoms with Gasteiger partial charge in [-0.3, -0.25) is 5.10 Å². The summed E-state index contributed by atoms with van der Waals surface area (Å²) in [5.74, 6) is 0.846. The molecule has 130 valence electrons. The second kappa shape index (κ2) is 7.16. The van der Waals surface area contributed by atoms with Crippen molar-refractivity contribution in [1.29, 1.82) is 0 Å². The van der Waals surface area contributed by atoms with E-state index in [1.807, 2.05) is 44.2 Å². The van der Waals surface area contributed by atoms with Crippen LogP contribution >= 0.6 is 0 Å². The molecule has 1 aromatic carbocycles. The minimum atomic E-state index is -0.382. The number of carbonyl (C=O) groups is 1. The summed E-state index contributed by atoms with van der Waals surface area (Å²) in [6, 6.07) is 8.79. The number of aromatic amines is 1. The summed E-state index contributed by atoms with van der Waals surface area (Å²) in [7, 11) is 0. The van der Waals surface area contributed by atoms with Crippen LogP contribution < -0.4 is 10.6 Å². The highest BCUT2D eigenvalue weighted by Crippen LogP contribution is 2.18. The Morgan fingerprint density at radius 1 is 1.28 bits per heavy atom. The van der Waals surface area contributed by atoms with Gasteiger partial charge in [-0.05, 0) is 32.9 Å². The topological polar surface area (TPSA) is 109 Å². The molecule has 8 nitrogen and oxygen atoms in total. The molecule has 0 spiro atoms. The summed E-state index contributed by atoms with van der Waals surface area (Å²) in [6.07, 6.45) is 0. The number of hydrogen-bond acceptors (Lipinski definition) is 5. The molecule has 8 heteroatoms. The van der Waals surface area contributed by atoms with Gasteiger partial charge in [-0.15, -0.1) is 0 Å². The third-order valence-corrected chi connectivity index (χ3v) is 3.90. The van der Waals surface area contributed by atoms with Crippen LogP contribution in [0, 0.1) is 13.8 Å². The smallest absolute Gasteiger partial charge is 0.315 e. The van der Waals surface area contributed by atoms with Crippen molar-refractivity contribution in [1.82, 2.24) is 31.0 Å². The van der Waals surface area contributed by atoms with Crippen LogP contribution in [-0.4, -0.2) is 26.4 Å². The van der Waals surface area contributed by atoms with Crippen molar-refractivity contribution < 1.29 is 9.32 Å². The van der Waals surface area contributed by atoms with E-state index in [-0.39, 0.29) is 12.1 Å². The molecule has 0 fully saturated rings. The van der Waals surface area contributed by atoms with Crippen molar-refractivity contribution in [2.75, 3.05) is 0 Å². The standard InChI is InChI=1S/C17H20N6O2/c1-10-14(11(2)22-21-10)9-18-17(24)19-12(3)15-20-16(25-23-15)13-7-5-4-6-8-13/h4-8,12H,9H2,1-3H3,(H,21,22)(H2,18,19,24)/t12-/m0/s1. The molecular formula is C17H20N6O2. The molecule has 2 aromatic heterocycles. The molecule has 2 heterocycles. The SMILES string of the molecule is Cc1n[nH]c(C)c1CNC(=O)N[C@@H](C)c1noc(-c2ccccc2)n1. The lowest BCUT2D eigenvalue weighted by atomic mass is 10.2. The lowest BCUT2D eigenvalue weighted by Gasteiger charge is -2.11. The number of aromatic nitrogens is 4. The molecule has 0 aliphatic heterocycles. The maximum Gasteiger partial charge on any atom is 0.315 e. The van der Waals surface area contributed by atoms with Crippen molar-refractivity contribution in [3.63, 3.8) is 0 Å². The minimum Gasteiger partial charge on any atom is -0.334 e. The molecule has 3 rings (SSSR count). The molecule has 0 unspecified atom stereocenters. The van der Waals surface area contributed by atoms with Crippen molar-refractivity contribution in [3.8, 4) is 11.5 Å². The van der Waals surface area contributed by atoms with Gasteiger partial charge < -0.3 is 15.2 Å². The first-order valence-electron chi connectivity index (χ1n) is 7.98. The average Bonchev–Trinajstić information content (AvgIpc) is 3.22. The van der Waals surface area contributed by atoms with E-state index in [0.717, 1.165) is 22.5 Å². The zero-order valence-electron chi connectivity index (χ0n) is 14.3. The van der Waals surface area contributed by atoms with Crippen molar-refractivity contribution in [3.05, 3.63) is 53.1 Å². The van der Waals surface area contributed by atoms with Gasteiger partial charge in [0, 0.05) is 23.4 Å². The number of aryl methyl sites for hydroxylation is 2. The number of nitrogens with zero attached hydrogens (tertiary/aromatic N) is 3. The van der Waals surface area contributed by atoms with Gasteiger partial charge >= 0.3 is 6.03 Å². The number of H-pyrrole nitrogens is 1. The molecule has 0 aliphatic rings. The van der Waals surface area contributed by atoms with Crippen LogP contribution in [0.5, 0.6) is 0 Å². The van der Waals surface area contributed by atoms with Crippen molar-refractivity contribution >= 4 is 6.03 Å². The molecule has 2 amide bonds. The molecule has 0 aliphatic carbocycles. The highest BCUT2D eigenvalue weighted by atomic mass is 16.5. The molecule has 0 saturated carbocycles. The largest absolute Gasteiger partial charge is 0.334 e. The molecule has 25 heavy (non-hydrogen) atoms. The fourth-order valence-electron chi connectivity index (χ4n) is 2.42. The van der Waals surface area contributed by atoms with Gasteiger partial charge in [0.15, 0.2) is 5.82 Å². The lowest BCUT2D eigenvalue weighted by molar-refractivity contribution is 0.236. The molecule has 3 aromatic rings. The number of urea groups is 1. The number of nitrogens with one attached hydrogen (secondary N) is 3. The van der Waals surface area contributed by atoms with Crippen LogP contribution in [0.2, 0.25) is 0 Å². The summed E-state index contributed by atoms with van der Waals surface area (Å²) in [4.78, 5) is 16.4. The van der Waals surface area contributed by atoms with Gasteiger partial charge in [0.25, 0.3) is 5.89 Å². The highest BCUT2D eigenvalue weighted by Gasteiger charge is 2.17. The molecule has 1 atom stereocenters. The van der Waals surface area contributed by atoms with E-state index < -0.39 is 0 Å². The average molecular weight is 340 g/mol. The Bertz CT molecular complexity index is 836. The fourth-order valence-corrected chi connectivity index (χ4v) is 2.42. The molecule has 0 saturated heterocycles. The third-order valence-electron chi connectivity index (χ3n) is 3.90. The summed E-state index contributed by atoms with van der Waals surface area (Å²) in [6.45, 7) is 6.01. The number of hydrogen-bond donors (Lipinski definition) is 3. The number of benzene rings is 1. The summed E-state index contributed by atoms with van der Waals surface area (Å²) in [5.41, 5.74) is 3.63. The van der Waals surface area contributed by atoms with E-state index in [1.54, 1.807) is 6.92 Å². The van der Waals surface area contributed by atoms with E-state index in [2.05, 4.69) is 31.0 Å². The second-order valence-electron chi connectivity index (χ2n) is 5.79. The number of amides is 2. The Hall–Kier alpha value is -3.16. The maximum absolute atomic E-state index is 12.1. The van der Waals surface area contributed by atoms with Gasteiger partial charge in [-0.2, -0.15) is 10.1 Å². The highest BCUT2D eigenvalue weighted by molar-refractivity contribution is 5.74. The zero-order chi connectivity index (χ0) is 17.8. The van der Waals surface area contributed by atoms with Gasteiger partial charge in [0.1, 0.15) is 0 Å². The Balaban J connectivity index is 1.58. The first-order chi connectivity index (χ1) is 12.0.